The molecular formula is C21H25BrN2O3. The van der Waals surface area contributed by atoms with E-state index in [9.17, 15) is 9.59 Å². The number of carbonyl (C=O) groups is 2. The Morgan fingerprint density at radius 2 is 1.78 bits per heavy atom. The van der Waals surface area contributed by atoms with Crippen molar-refractivity contribution in [1.29, 1.82) is 0 Å². The standard InChI is InChI=1S/C21H25BrN2O3/c1-14(2)13-27-19-10-7-16(22)12-18(19)21(26)23-17-8-5-15(6-9-17)11-20(25)24(3)4/h5-10,12,14H,11,13H2,1-4H3,(H,23,26). The molecule has 0 bridgehead atoms. The molecule has 0 saturated carbocycles. The van der Waals surface area contributed by atoms with Gasteiger partial charge < -0.3 is 15.0 Å². The molecule has 144 valence electrons. The van der Waals surface area contributed by atoms with Gasteiger partial charge in [0, 0.05) is 24.3 Å². The normalized spacial score (nSPS) is 10.6. The lowest BCUT2D eigenvalue weighted by molar-refractivity contribution is -0.127. The van der Waals surface area contributed by atoms with Gasteiger partial charge in [-0.3, -0.25) is 9.59 Å². The van der Waals surface area contributed by atoms with E-state index in [0.29, 0.717) is 35.9 Å². The Morgan fingerprint density at radius 1 is 1.11 bits per heavy atom. The van der Waals surface area contributed by atoms with E-state index < -0.39 is 0 Å². The van der Waals surface area contributed by atoms with Crippen molar-refractivity contribution in [2.45, 2.75) is 20.3 Å². The van der Waals surface area contributed by atoms with E-state index in [-0.39, 0.29) is 11.8 Å². The second-order valence-electron chi connectivity index (χ2n) is 6.96. The molecule has 1 N–H and O–H groups in total. The summed E-state index contributed by atoms with van der Waals surface area (Å²) in [5, 5.41) is 2.88. The van der Waals surface area contributed by atoms with Crippen LogP contribution in [0.15, 0.2) is 46.9 Å². The number of nitrogens with one attached hydrogen (secondary N) is 1. The zero-order valence-corrected chi connectivity index (χ0v) is 17.7. The van der Waals surface area contributed by atoms with Crippen molar-refractivity contribution in [1.82, 2.24) is 4.90 Å². The number of carbonyl (C=O) groups excluding carboxylic acids is 2. The van der Waals surface area contributed by atoms with E-state index in [1.54, 1.807) is 43.3 Å². The quantitative estimate of drug-likeness (QED) is 0.706. The topological polar surface area (TPSA) is 58.6 Å². The molecule has 27 heavy (non-hydrogen) atoms. The Morgan fingerprint density at radius 3 is 2.37 bits per heavy atom. The van der Waals surface area contributed by atoms with E-state index in [2.05, 4.69) is 35.1 Å². The molecule has 5 nitrogen and oxygen atoms in total. The molecule has 0 unspecified atom stereocenters. The Labute approximate surface area is 168 Å². The van der Waals surface area contributed by atoms with Gasteiger partial charge in [0.2, 0.25) is 5.91 Å². The van der Waals surface area contributed by atoms with Crippen LogP contribution in [0.3, 0.4) is 0 Å². The SMILES string of the molecule is CC(C)COc1ccc(Br)cc1C(=O)Nc1ccc(CC(=O)N(C)C)cc1. The molecule has 0 aliphatic heterocycles. The Kier molecular flexibility index (Phi) is 7.42. The van der Waals surface area contributed by atoms with Crippen molar-refractivity contribution in [3.05, 3.63) is 58.1 Å². The highest BCUT2D eigenvalue weighted by Crippen LogP contribution is 2.25. The second kappa shape index (κ2) is 9.55. The summed E-state index contributed by atoms with van der Waals surface area (Å²) in [5.74, 6) is 0.708. The summed E-state index contributed by atoms with van der Waals surface area (Å²) in [5.41, 5.74) is 2.03. The predicted octanol–water partition coefficient (Wildman–Crippen LogP) is 4.37. The molecule has 0 aliphatic rings. The van der Waals surface area contributed by atoms with Crippen molar-refractivity contribution < 1.29 is 14.3 Å². The van der Waals surface area contributed by atoms with Gasteiger partial charge in [-0.1, -0.05) is 41.9 Å². The first kappa shape index (κ1) is 21.0. The zero-order chi connectivity index (χ0) is 20.0. The molecule has 2 aromatic rings. The van der Waals surface area contributed by atoms with Crippen molar-refractivity contribution in [2.24, 2.45) is 5.92 Å². The van der Waals surface area contributed by atoms with Crippen LogP contribution in [0.4, 0.5) is 5.69 Å². The highest BCUT2D eigenvalue weighted by molar-refractivity contribution is 9.10. The molecular weight excluding hydrogens is 408 g/mol. The van der Waals surface area contributed by atoms with Crippen LogP contribution in [0, 0.1) is 5.92 Å². The monoisotopic (exact) mass is 432 g/mol. The molecule has 0 atom stereocenters. The summed E-state index contributed by atoms with van der Waals surface area (Å²) < 4.78 is 6.58. The molecule has 0 saturated heterocycles. The van der Waals surface area contributed by atoms with Crippen molar-refractivity contribution in [3.63, 3.8) is 0 Å². The number of amides is 2. The number of rotatable bonds is 7. The molecule has 0 aliphatic carbocycles. The smallest absolute Gasteiger partial charge is 0.259 e. The number of hydrogen-bond donors (Lipinski definition) is 1. The first-order chi connectivity index (χ1) is 12.8. The molecule has 0 radical (unpaired) electrons. The van der Waals surface area contributed by atoms with Gasteiger partial charge in [0.15, 0.2) is 0 Å². The van der Waals surface area contributed by atoms with E-state index in [4.69, 9.17) is 4.74 Å². The fourth-order valence-corrected chi connectivity index (χ4v) is 2.66. The first-order valence-electron chi connectivity index (χ1n) is 8.79. The number of likely N-dealkylation sites (N-methyl/N-ethyl adjacent to an activating group) is 1. The highest BCUT2D eigenvalue weighted by atomic mass is 79.9. The van der Waals surface area contributed by atoms with Crippen LogP contribution in [-0.2, 0) is 11.2 Å². The van der Waals surface area contributed by atoms with Crippen molar-refractivity contribution in [3.8, 4) is 5.75 Å². The fraction of sp³-hybridized carbons (Fsp3) is 0.333. The van der Waals surface area contributed by atoms with E-state index >= 15 is 0 Å². The molecule has 2 aromatic carbocycles. The van der Waals surface area contributed by atoms with Gasteiger partial charge in [0.05, 0.1) is 18.6 Å². The van der Waals surface area contributed by atoms with E-state index in [1.807, 2.05) is 18.2 Å². The summed E-state index contributed by atoms with van der Waals surface area (Å²) in [6.45, 7) is 4.65. The minimum absolute atomic E-state index is 0.0351. The van der Waals surface area contributed by atoms with Gasteiger partial charge in [-0.2, -0.15) is 0 Å². The van der Waals surface area contributed by atoms with Gasteiger partial charge in [-0.25, -0.2) is 0 Å². The van der Waals surface area contributed by atoms with Crippen LogP contribution in [0.2, 0.25) is 0 Å². The summed E-state index contributed by atoms with van der Waals surface area (Å²) in [4.78, 5) is 26.0. The van der Waals surface area contributed by atoms with E-state index in [0.717, 1.165) is 10.0 Å². The maximum Gasteiger partial charge on any atom is 0.259 e. The molecule has 0 aromatic heterocycles. The van der Waals surface area contributed by atoms with Gasteiger partial charge >= 0.3 is 0 Å². The van der Waals surface area contributed by atoms with Crippen LogP contribution in [0.25, 0.3) is 0 Å². The van der Waals surface area contributed by atoms with Crippen LogP contribution < -0.4 is 10.1 Å². The average molecular weight is 433 g/mol. The number of benzene rings is 2. The minimum atomic E-state index is -0.243. The average Bonchev–Trinajstić information content (AvgIpc) is 2.62. The maximum atomic E-state index is 12.7. The van der Waals surface area contributed by atoms with Crippen molar-refractivity contribution in [2.75, 3.05) is 26.0 Å². The zero-order valence-electron chi connectivity index (χ0n) is 16.1. The largest absolute Gasteiger partial charge is 0.492 e. The minimum Gasteiger partial charge on any atom is -0.492 e. The lowest BCUT2D eigenvalue weighted by Gasteiger charge is -2.14. The Bertz CT molecular complexity index is 802. The van der Waals surface area contributed by atoms with Crippen LogP contribution in [-0.4, -0.2) is 37.4 Å². The molecule has 0 spiro atoms. The van der Waals surface area contributed by atoms with Crippen molar-refractivity contribution >= 4 is 33.4 Å². The lowest BCUT2D eigenvalue weighted by atomic mass is 10.1. The maximum absolute atomic E-state index is 12.7. The van der Waals surface area contributed by atoms with Crippen LogP contribution in [0.1, 0.15) is 29.8 Å². The molecule has 0 heterocycles. The van der Waals surface area contributed by atoms with E-state index in [1.165, 1.54) is 0 Å². The first-order valence-corrected chi connectivity index (χ1v) is 9.58. The van der Waals surface area contributed by atoms with Crippen LogP contribution in [0.5, 0.6) is 5.75 Å². The molecule has 6 heteroatoms. The number of nitrogens with zero attached hydrogens (tertiary/aromatic N) is 1. The third-order valence-corrected chi connectivity index (χ3v) is 4.32. The highest BCUT2D eigenvalue weighted by Gasteiger charge is 2.14. The lowest BCUT2D eigenvalue weighted by Crippen LogP contribution is -2.23. The molecule has 0 fully saturated rings. The summed E-state index contributed by atoms with van der Waals surface area (Å²) >= 11 is 3.40. The molecule has 2 amide bonds. The summed E-state index contributed by atoms with van der Waals surface area (Å²) in [6.07, 6.45) is 0.333. The predicted molar refractivity (Wildman–Crippen MR) is 111 cm³/mol. The van der Waals surface area contributed by atoms with Gasteiger partial charge in [-0.05, 0) is 41.8 Å². The number of ether oxygens (including phenoxy) is 1. The molecule has 2 rings (SSSR count). The van der Waals surface area contributed by atoms with Gasteiger partial charge in [-0.15, -0.1) is 0 Å². The van der Waals surface area contributed by atoms with Crippen LogP contribution >= 0.6 is 15.9 Å². The fourth-order valence-electron chi connectivity index (χ4n) is 2.30. The number of halogens is 1. The van der Waals surface area contributed by atoms with Gasteiger partial charge in [0.25, 0.3) is 5.91 Å². The third kappa shape index (κ3) is 6.40. The summed E-state index contributed by atoms with van der Waals surface area (Å²) in [7, 11) is 3.46. The second-order valence-corrected chi connectivity index (χ2v) is 7.88. The number of hydrogen-bond acceptors (Lipinski definition) is 3. The summed E-state index contributed by atoms with van der Waals surface area (Å²) in [6, 6.07) is 12.7. The third-order valence-electron chi connectivity index (χ3n) is 3.82. The Balaban J connectivity index is 2.10. The Hall–Kier alpha value is -2.34. The number of anilines is 1. The van der Waals surface area contributed by atoms with Gasteiger partial charge in [0.1, 0.15) is 5.75 Å².